The lowest BCUT2D eigenvalue weighted by atomic mass is 9.57. The van der Waals surface area contributed by atoms with Gasteiger partial charge in [-0.3, -0.25) is 14.5 Å². The normalized spacial score (nSPS) is 22.8. The van der Waals surface area contributed by atoms with Crippen molar-refractivity contribution < 1.29 is 47.0 Å². The number of halogens is 1. The molecule has 0 saturated heterocycles. The summed E-state index contributed by atoms with van der Waals surface area (Å²) in [6.45, 7) is 15.7. The van der Waals surface area contributed by atoms with Gasteiger partial charge in [-0.1, -0.05) is 63.2 Å². The van der Waals surface area contributed by atoms with Crippen molar-refractivity contribution in [2.24, 2.45) is 11.8 Å². The van der Waals surface area contributed by atoms with Gasteiger partial charge in [-0.15, -0.1) is 0 Å². The molecule has 0 aliphatic heterocycles. The van der Waals surface area contributed by atoms with Gasteiger partial charge in [0.25, 0.3) is 5.88 Å². The summed E-state index contributed by atoms with van der Waals surface area (Å²) in [7, 11) is 0.639. The molecule has 0 bridgehead atoms. The molecule has 2 fully saturated rings. The molecule has 2 N–H and O–H groups in total. The average Bonchev–Trinajstić information content (AvgIpc) is 3.92. The second-order valence-electron chi connectivity index (χ2n) is 19.8. The van der Waals surface area contributed by atoms with Crippen LogP contribution in [0.4, 0.5) is 9.18 Å². The Morgan fingerprint density at radius 2 is 1.70 bits per heavy atom. The summed E-state index contributed by atoms with van der Waals surface area (Å²) in [5.41, 5.74) is -1.58. The number of carbonyl (C=O) groups excluding carboxylic acids is 3. The summed E-state index contributed by atoms with van der Waals surface area (Å²) >= 11 is 0. The molecule has 1 heterocycles. The van der Waals surface area contributed by atoms with Crippen LogP contribution in [0.3, 0.4) is 0 Å². The minimum absolute atomic E-state index is 0.00557. The second-order valence-corrected chi connectivity index (χ2v) is 24.5. The zero-order valence-corrected chi connectivity index (χ0v) is 37.7. The van der Waals surface area contributed by atoms with Crippen molar-refractivity contribution in [3.05, 3.63) is 93.5 Å². The molecule has 0 amide bonds. The molecule has 4 aromatic rings. The summed E-state index contributed by atoms with van der Waals surface area (Å²) < 4.78 is 48.1. The Balaban J connectivity index is 1.33. The lowest BCUT2D eigenvalue weighted by Crippen LogP contribution is -2.68. The highest BCUT2D eigenvalue weighted by Gasteiger charge is 2.69. The number of hydrogen-bond donors (Lipinski definition) is 2. The fraction of sp³-hybridized carbons (Fsp3) is 0.489. The molecule has 0 spiro atoms. The van der Waals surface area contributed by atoms with Crippen molar-refractivity contribution in [3.8, 4) is 11.6 Å². The lowest BCUT2D eigenvalue weighted by Gasteiger charge is -2.55. The van der Waals surface area contributed by atoms with Crippen molar-refractivity contribution in [2.75, 3.05) is 14.1 Å². The van der Waals surface area contributed by atoms with Gasteiger partial charge >= 0.3 is 6.16 Å². The van der Waals surface area contributed by atoms with Crippen LogP contribution in [0, 0.1) is 17.7 Å². The first-order chi connectivity index (χ1) is 28.6. The summed E-state index contributed by atoms with van der Waals surface area (Å²) in [6.07, 6.45) is 1.18. The summed E-state index contributed by atoms with van der Waals surface area (Å²) in [4.78, 5) is 46.9. The Kier molecular flexibility index (Phi) is 10.6. The molecule has 0 radical (unpaired) electrons. The molecule has 1 aromatic heterocycles. The van der Waals surface area contributed by atoms with Crippen molar-refractivity contribution in [2.45, 2.75) is 122 Å². The van der Waals surface area contributed by atoms with Gasteiger partial charge in [0.15, 0.2) is 25.4 Å². The molecule has 2 saturated carbocycles. The molecule has 14 heteroatoms. The third-order valence-corrected chi connectivity index (χ3v) is 17.4. The van der Waals surface area contributed by atoms with Gasteiger partial charge in [-0.2, -0.15) is 0 Å². The van der Waals surface area contributed by atoms with Gasteiger partial charge in [0.2, 0.25) is 11.6 Å². The Hall–Kier alpha value is -4.89. The summed E-state index contributed by atoms with van der Waals surface area (Å²) in [5, 5.41) is 20.3. The van der Waals surface area contributed by atoms with Crippen molar-refractivity contribution in [1.29, 1.82) is 0 Å². The Morgan fingerprint density at radius 3 is 2.34 bits per heavy atom. The Labute approximate surface area is 356 Å². The Bertz CT molecular complexity index is 2460. The van der Waals surface area contributed by atoms with E-state index in [4.69, 9.17) is 23.2 Å². The number of ether oxygens (including phenoxy) is 3. The van der Waals surface area contributed by atoms with E-state index in [1.54, 1.807) is 32.9 Å². The molecular weight excluding hydrogens is 798 g/mol. The number of fused-ring (bicyclic) bond motifs is 5. The maximum Gasteiger partial charge on any atom is 0.514 e. The number of rotatable bonds is 10. The Morgan fingerprint density at radius 1 is 1.00 bits per heavy atom. The van der Waals surface area contributed by atoms with E-state index in [2.05, 4.69) is 10.5 Å². The van der Waals surface area contributed by atoms with Crippen molar-refractivity contribution in [3.63, 3.8) is 0 Å². The van der Waals surface area contributed by atoms with E-state index in [1.165, 1.54) is 0 Å². The van der Waals surface area contributed by atoms with E-state index in [0.29, 0.717) is 12.6 Å². The highest BCUT2D eigenvalue weighted by Crippen LogP contribution is 2.59. The average molecular weight is 854 g/mol. The second kappa shape index (κ2) is 15.2. The predicted octanol–water partition coefficient (Wildman–Crippen LogP) is 9.40. The monoisotopic (exact) mass is 853 g/mol. The van der Waals surface area contributed by atoms with Crippen LogP contribution in [-0.4, -0.2) is 72.5 Å². The number of ketones is 2. The van der Waals surface area contributed by atoms with E-state index in [0.717, 1.165) is 24.0 Å². The maximum absolute atomic E-state index is 17.1. The van der Waals surface area contributed by atoms with Gasteiger partial charge in [0.1, 0.15) is 29.3 Å². The SMILES string of the molecule is CN(C)[C@@H]1c2onc(OCc3ccccc3)c2C(=O)[C@@]2(O[Si](C)(C)C(C)(C)C)C(=O)C3=C(O)c4c(c(F)c5ccc(CNC6CC6)cc5c4OC(=O)OC(C)(C)C)C[C@H]3C[C@@H]12. The van der Waals surface area contributed by atoms with Crippen LogP contribution >= 0.6 is 0 Å². The minimum atomic E-state index is -3.02. The molecule has 4 aliphatic rings. The molecule has 324 valence electrons. The van der Waals surface area contributed by atoms with Crippen molar-refractivity contribution >= 4 is 42.6 Å². The van der Waals surface area contributed by atoms with Gasteiger partial charge < -0.3 is 33.6 Å². The molecule has 61 heavy (non-hydrogen) atoms. The van der Waals surface area contributed by atoms with Gasteiger partial charge in [-0.05, 0) is 107 Å². The van der Waals surface area contributed by atoms with Gasteiger partial charge in [0.05, 0.1) is 11.6 Å². The number of benzene rings is 3. The quantitative estimate of drug-likeness (QED) is 0.0677. The van der Waals surface area contributed by atoms with Crippen LogP contribution in [0.1, 0.15) is 105 Å². The first-order valence-electron chi connectivity index (χ1n) is 21.1. The van der Waals surface area contributed by atoms with Gasteiger partial charge in [0, 0.05) is 40.4 Å². The van der Waals surface area contributed by atoms with Gasteiger partial charge in [-0.25, -0.2) is 9.18 Å². The zero-order chi connectivity index (χ0) is 44.0. The number of aromatic nitrogens is 1. The van der Waals surface area contributed by atoms with Crippen LogP contribution in [-0.2, 0) is 33.5 Å². The number of aliphatic hydroxyl groups excluding tert-OH is 1. The van der Waals surface area contributed by atoms with Crippen LogP contribution < -0.4 is 14.8 Å². The topological polar surface area (TPSA) is 150 Å². The van der Waals surface area contributed by atoms with Crippen LogP contribution in [0.5, 0.6) is 11.6 Å². The van der Waals surface area contributed by atoms with E-state index in [9.17, 15) is 9.90 Å². The van der Waals surface area contributed by atoms with E-state index < -0.39 is 71.7 Å². The molecule has 4 atom stereocenters. The predicted molar refractivity (Wildman–Crippen MR) is 230 cm³/mol. The van der Waals surface area contributed by atoms with Crippen molar-refractivity contribution in [1.82, 2.24) is 15.4 Å². The standard InChI is InChI=1S/C47H56FN3O9Si/c1-45(2,3)58-44(55)57-39-30-20-26(23-49-28-17-18-28)16-19-29(30)36(48)31-21-27-22-32-37(51(7)8)40-35(43(50-59-40)56-24-25-14-12-11-13-15-25)42(54)47(32,60-61(9,10)46(4,5)6)41(53)33(27)38(52)34(31)39/h11-16,19-20,27-28,32,37,49,52H,17-18,21-24H2,1-10H3/t27-,32-,37-,47-/m0/s1. The fourth-order valence-electron chi connectivity index (χ4n) is 8.92. The van der Waals surface area contributed by atoms with Crippen LogP contribution in [0.15, 0.2) is 58.6 Å². The van der Waals surface area contributed by atoms with E-state index in [1.807, 2.05) is 89.3 Å². The maximum atomic E-state index is 17.1. The van der Waals surface area contributed by atoms with E-state index in [-0.39, 0.29) is 69.9 Å². The number of hydrogen-bond acceptors (Lipinski definition) is 12. The number of nitrogens with zero attached hydrogens (tertiary/aromatic N) is 2. The number of Topliss-reactive ketones (excluding diaryl/α,β-unsaturated/α-hetero) is 2. The first kappa shape index (κ1) is 42.8. The third-order valence-electron chi connectivity index (χ3n) is 13.0. The summed E-state index contributed by atoms with van der Waals surface area (Å²) in [6, 6.07) is 14.3. The zero-order valence-electron chi connectivity index (χ0n) is 36.7. The largest absolute Gasteiger partial charge is 0.514 e. The fourth-order valence-corrected chi connectivity index (χ4v) is 10.4. The third kappa shape index (κ3) is 7.48. The number of nitrogens with one attached hydrogen (secondary N) is 1. The molecule has 12 nitrogen and oxygen atoms in total. The molecular formula is C47H56FN3O9Si. The minimum Gasteiger partial charge on any atom is -0.507 e. The molecule has 3 aromatic carbocycles. The highest BCUT2D eigenvalue weighted by atomic mass is 28.4. The summed E-state index contributed by atoms with van der Waals surface area (Å²) in [5.74, 6) is -4.12. The molecule has 4 aliphatic carbocycles. The lowest BCUT2D eigenvalue weighted by molar-refractivity contribution is -0.140. The highest BCUT2D eigenvalue weighted by molar-refractivity contribution is 6.74. The molecule has 8 rings (SSSR count). The molecule has 0 unspecified atom stereocenters. The smallest absolute Gasteiger partial charge is 0.507 e. The van der Waals surface area contributed by atoms with E-state index >= 15 is 14.0 Å². The number of aliphatic hydroxyl groups is 1. The van der Waals surface area contributed by atoms with Crippen LogP contribution in [0.2, 0.25) is 18.1 Å². The first-order valence-corrected chi connectivity index (χ1v) is 24.0. The van der Waals surface area contributed by atoms with Crippen LogP contribution in [0.25, 0.3) is 16.5 Å². The number of carbonyl (C=O) groups is 3.